The molecule has 2 aromatic rings. The van der Waals surface area contributed by atoms with Crippen LogP contribution in [0.1, 0.15) is 17.5 Å². The van der Waals surface area contributed by atoms with E-state index in [4.69, 9.17) is 18.9 Å². The van der Waals surface area contributed by atoms with Gasteiger partial charge in [0.2, 0.25) is 0 Å². The molecule has 5 heteroatoms. The Labute approximate surface area is 147 Å². The van der Waals surface area contributed by atoms with Crippen molar-refractivity contribution in [2.45, 2.75) is 12.8 Å². The van der Waals surface area contributed by atoms with Crippen LogP contribution in [0, 0.1) is 0 Å². The molecule has 0 aliphatic carbocycles. The van der Waals surface area contributed by atoms with E-state index < -0.39 is 0 Å². The summed E-state index contributed by atoms with van der Waals surface area (Å²) in [6.45, 7) is 0. The average Bonchev–Trinajstić information content (AvgIpc) is 2.66. The first-order valence-electron chi connectivity index (χ1n) is 7.88. The maximum atomic E-state index is 11.9. The molecule has 0 saturated carbocycles. The van der Waals surface area contributed by atoms with Crippen molar-refractivity contribution in [2.75, 3.05) is 21.3 Å². The molecule has 132 valence electrons. The minimum atomic E-state index is -0.323. The molecule has 0 bridgehead atoms. The Morgan fingerprint density at radius 1 is 1.00 bits per heavy atom. The van der Waals surface area contributed by atoms with E-state index in [0.29, 0.717) is 23.7 Å². The number of benzene rings is 2. The number of hydrogen-bond acceptors (Lipinski definition) is 5. The minimum absolute atomic E-state index is 0.214. The summed E-state index contributed by atoms with van der Waals surface area (Å²) in [6, 6.07) is 13.2. The van der Waals surface area contributed by atoms with Crippen LogP contribution in [0.3, 0.4) is 0 Å². The van der Waals surface area contributed by atoms with Crippen molar-refractivity contribution in [3.63, 3.8) is 0 Å². The van der Waals surface area contributed by atoms with Crippen LogP contribution in [0.25, 0.3) is 6.08 Å². The van der Waals surface area contributed by atoms with Gasteiger partial charge in [-0.05, 0) is 24.1 Å². The van der Waals surface area contributed by atoms with Crippen molar-refractivity contribution in [1.29, 1.82) is 0 Å². The van der Waals surface area contributed by atoms with E-state index in [1.165, 1.54) is 6.26 Å². The molecule has 0 heterocycles. The van der Waals surface area contributed by atoms with E-state index >= 15 is 0 Å². The molecule has 0 aromatic heterocycles. The fourth-order valence-corrected chi connectivity index (χ4v) is 2.37. The third-order valence-corrected chi connectivity index (χ3v) is 3.62. The molecule has 0 atom stereocenters. The number of hydrogen-bond donors (Lipinski definition) is 0. The zero-order chi connectivity index (χ0) is 18.1. The zero-order valence-corrected chi connectivity index (χ0v) is 14.7. The lowest BCUT2D eigenvalue weighted by Gasteiger charge is -2.14. The van der Waals surface area contributed by atoms with Crippen molar-refractivity contribution in [3.05, 3.63) is 59.9 Å². The lowest BCUT2D eigenvalue weighted by molar-refractivity contribution is -0.137. The van der Waals surface area contributed by atoms with Crippen molar-refractivity contribution >= 4 is 12.0 Å². The molecule has 25 heavy (non-hydrogen) atoms. The van der Waals surface area contributed by atoms with Gasteiger partial charge < -0.3 is 18.9 Å². The molecule has 0 aliphatic heterocycles. The Balaban J connectivity index is 1.98. The van der Waals surface area contributed by atoms with Gasteiger partial charge in [-0.2, -0.15) is 0 Å². The van der Waals surface area contributed by atoms with Gasteiger partial charge in [0.25, 0.3) is 0 Å². The first-order chi connectivity index (χ1) is 12.2. The van der Waals surface area contributed by atoms with Gasteiger partial charge in [0.15, 0.2) is 11.5 Å². The monoisotopic (exact) mass is 342 g/mol. The molecule has 0 spiro atoms. The Hall–Kier alpha value is -2.95. The molecule has 0 aliphatic rings. The maximum Gasteiger partial charge on any atom is 0.310 e. The molecule has 0 N–H and O–H groups in total. The highest BCUT2D eigenvalue weighted by Crippen LogP contribution is 2.36. The summed E-state index contributed by atoms with van der Waals surface area (Å²) in [6.07, 6.45) is 3.81. The third kappa shape index (κ3) is 5.28. The standard InChI is InChI=1S/C20H22O5/c1-22-17-13-16(20(24-3)18(14-17)23-2)9-10-19(21)25-12-11-15-7-5-4-6-8-15/h4-8,11-14H,9-10H2,1-3H3. The second-order valence-electron chi connectivity index (χ2n) is 5.23. The van der Waals surface area contributed by atoms with Gasteiger partial charge in [-0.25, -0.2) is 0 Å². The average molecular weight is 342 g/mol. The van der Waals surface area contributed by atoms with Gasteiger partial charge in [0.05, 0.1) is 34.0 Å². The molecule has 0 amide bonds. The van der Waals surface area contributed by atoms with Gasteiger partial charge in [-0.15, -0.1) is 0 Å². The molecule has 2 aromatic carbocycles. The molecule has 5 nitrogen and oxygen atoms in total. The smallest absolute Gasteiger partial charge is 0.310 e. The molecule has 0 saturated heterocycles. The molecule has 2 rings (SSSR count). The van der Waals surface area contributed by atoms with Crippen LogP contribution >= 0.6 is 0 Å². The van der Waals surface area contributed by atoms with Crippen molar-refractivity contribution < 1.29 is 23.7 Å². The van der Waals surface area contributed by atoms with Crippen molar-refractivity contribution in [2.24, 2.45) is 0 Å². The molecule has 0 fully saturated rings. The van der Waals surface area contributed by atoms with Crippen LogP contribution < -0.4 is 14.2 Å². The highest BCUT2D eigenvalue weighted by Gasteiger charge is 2.14. The fourth-order valence-electron chi connectivity index (χ4n) is 2.37. The normalized spacial score (nSPS) is 10.5. The fraction of sp³-hybridized carbons (Fsp3) is 0.250. The van der Waals surface area contributed by atoms with Crippen LogP contribution in [0.4, 0.5) is 0 Å². The highest BCUT2D eigenvalue weighted by atomic mass is 16.5. The number of carbonyl (C=O) groups excluding carboxylic acids is 1. The Morgan fingerprint density at radius 2 is 1.76 bits per heavy atom. The predicted octanol–water partition coefficient (Wildman–Crippen LogP) is 3.86. The minimum Gasteiger partial charge on any atom is -0.497 e. The van der Waals surface area contributed by atoms with Gasteiger partial charge >= 0.3 is 5.97 Å². The summed E-state index contributed by atoms with van der Waals surface area (Å²) in [5, 5.41) is 0. The number of carbonyl (C=O) groups is 1. The van der Waals surface area contributed by atoms with E-state index in [0.717, 1.165) is 11.1 Å². The first-order valence-corrected chi connectivity index (χ1v) is 7.88. The van der Waals surface area contributed by atoms with Gasteiger partial charge in [0, 0.05) is 11.6 Å². The number of rotatable bonds is 8. The summed E-state index contributed by atoms with van der Waals surface area (Å²) in [5.74, 6) is 1.48. The van der Waals surface area contributed by atoms with Crippen LogP contribution in [-0.2, 0) is 16.0 Å². The van der Waals surface area contributed by atoms with Gasteiger partial charge in [-0.1, -0.05) is 30.3 Å². The van der Waals surface area contributed by atoms with Gasteiger partial charge in [-0.3, -0.25) is 4.79 Å². The van der Waals surface area contributed by atoms with E-state index in [1.807, 2.05) is 36.4 Å². The third-order valence-electron chi connectivity index (χ3n) is 3.62. The maximum absolute atomic E-state index is 11.9. The van der Waals surface area contributed by atoms with E-state index in [1.54, 1.807) is 33.5 Å². The molecular weight excluding hydrogens is 320 g/mol. The number of ether oxygens (including phenoxy) is 4. The summed E-state index contributed by atoms with van der Waals surface area (Å²) in [7, 11) is 4.70. The Morgan fingerprint density at radius 3 is 2.40 bits per heavy atom. The van der Waals surface area contributed by atoms with E-state index in [-0.39, 0.29) is 12.4 Å². The largest absolute Gasteiger partial charge is 0.497 e. The van der Waals surface area contributed by atoms with E-state index in [9.17, 15) is 4.79 Å². The summed E-state index contributed by atoms with van der Waals surface area (Å²) in [4.78, 5) is 11.9. The summed E-state index contributed by atoms with van der Waals surface area (Å²) < 4.78 is 21.1. The topological polar surface area (TPSA) is 54.0 Å². The number of esters is 1. The van der Waals surface area contributed by atoms with Crippen molar-refractivity contribution in [3.8, 4) is 17.2 Å². The van der Waals surface area contributed by atoms with Crippen molar-refractivity contribution in [1.82, 2.24) is 0 Å². The molecule has 0 radical (unpaired) electrons. The second kappa shape index (κ2) is 9.37. The quantitative estimate of drug-likeness (QED) is 0.539. The second-order valence-corrected chi connectivity index (χ2v) is 5.23. The van der Waals surface area contributed by atoms with Crippen LogP contribution in [-0.4, -0.2) is 27.3 Å². The Kier molecular flexibility index (Phi) is 6.89. The predicted molar refractivity (Wildman–Crippen MR) is 96.0 cm³/mol. The highest BCUT2D eigenvalue weighted by molar-refractivity contribution is 5.71. The van der Waals surface area contributed by atoms with Crippen LogP contribution in [0.2, 0.25) is 0 Å². The summed E-state index contributed by atoms with van der Waals surface area (Å²) in [5.41, 5.74) is 1.79. The van der Waals surface area contributed by atoms with Gasteiger partial charge in [0.1, 0.15) is 5.75 Å². The van der Waals surface area contributed by atoms with E-state index in [2.05, 4.69) is 0 Å². The zero-order valence-electron chi connectivity index (χ0n) is 14.7. The molecular formula is C20H22O5. The Bertz CT molecular complexity index is 722. The first kappa shape index (κ1) is 18.4. The number of methoxy groups -OCH3 is 3. The SMILES string of the molecule is COc1cc(CCC(=O)OC=Cc2ccccc2)c(OC)c(OC)c1. The molecule has 0 unspecified atom stereocenters. The number of aryl methyl sites for hydroxylation is 1. The summed E-state index contributed by atoms with van der Waals surface area (Å²) >= 11 is 0. The van der Waals surface area contributed by atoms with Crippen LogP contribution in [0.15, 0.2) is 48.7 Å². The van der Waals surface area contributed by atoms with Crippen LogP contribution in [0.5, 0.6) is 17.2 Å². The lowest BCUT2D eigenvalue weighted by Crippen LogP contribution is -2.04. The lowest BCUT2D eigenvalue weighted by atomic mass is 10.1.